The Morgan fingerprint density at radius 2 is 1.81 bits per heavy atom. The summed E-state index contributed by atoms with van der Waals surface area (Å²) in [7, 11) is 0. The molecule has 0 aliphatic heterocycles. The molecule has 2 heteroatoms. The van der Waals surface area contributed by atoms with Gasteiger partial charge in [-0.3, -0.25) is 0 Å². The first kappa shape index (κ1) is 13.1. The van der Waals surface area contributed by atoms with Gasteiger partial charge < -0.3 is 5.32 Å². The standard InChI is InChI=1S/C19H19NS/c1-2-6-15-11-17(10-9-14(15)5-1)20-12-16-13-21-19-8-4-3-7-18(16)19/h1-8,13,17,20H,9-12H2. The van der Waals surface area contributed by atoms with Crippen LogP contribution in [0, 0.1) is 0 Å². The third kappa shape index (κ3) is 2.61. The van der Waals surface area contributed by atoms with Gasteiger partial charge in [0.05, 0.1) is 0 Å². The maximum absolute atomic E-state index is 3.76. The van der Waals surface area contributed by atoms with Crippen molar-refractivity contribution < 1.29 is 0 Å². The van der Waals surface area contributed by atoms with E-state index in [1.165, 1.54) is 39.6 Å². The van der Waals surface area contributed by atoms with Crippen LogP contribution in [0.25, 0.3) is 10.1 Å². The van der Waals surface area contributed by atoms with E-state index in [-0.39, 0.29) is 0 Å². The molecule has 106 valence electrons. The van der Waals surface area contributed by atoms with E-state index in [1.807, 2.05) is 11.3 Å². The van der Waals surface area contributed by atoms with E-state index in [1.54, 1.807) is 0 Å². The van der Waals surface area contributed by atoms with E-state index in [0.717, 1.165) is 13.0 Å². The summed E-state index contributed by atoms with van der Waals surface area (Å²) in [6, 6.07) is 18.2. The normalized spacial score (nSPS) is 17.8. The van der Waals surface area contributed by atoms with Crippen LogP contribution < -0.4 is 5.32 Å². The van der Waals surface area contributed by atoms with Crippen LogP contribution in [0.2, 0.25) is 0 Å². The molecule has 21 heavy (non-hydrogen) atoms. The number of benzene rings is 2. The van der Waals surface area contributed by atoms with E-state index in [2.05, 4.69) is 59.2 Å². The highest BCUT2D eigenvalue weighted by Gasteiger charge is 2.17. The lowest BCUT2D eigenvalue weighted by molar-refractivity contribution is 0.458. The monoisotopic (exact) mass is 293 g/mol. The molecule has 0 saturated carbocycles. The molecule has 0 bridgehead atoms. The summed E-state index contributed by atoms with van der Waals surface area (Å²) in [5, 5.41) is 7.47. The number of thiophene rings is 1. The predicted octanol–water partition coefficient (Wildman–Crippen LogP) is 4.55. The fourth-order valence-corrected chi connectivity index (χ4v) is 4.26. The molecule has 1 nitrogen and oxygen atoms in total. The van der Waals surface area contributed by atoms with Crippen molar-refractivity contribution in [2.75, 3.05) is 0 Å². The Morgan fingerprint density at radius 3 is 2.76 bits per heavy atom. The van der Waals surface area contributed by atoms with Crippen molar-refractivity contribution in [2.24, 2.45) is 0 Å². The van der Waals surface area contributed by atoms with Gasteiger partial charge in [-0.05, 0) is 52.8 Å². The fraction of sp³-hybridized carbons (Fsp3) is 0.263. The summed E-state index contributed by atoms with van der Waals surface area (Å²) in [6.45, 7) is 0.983. The second kappa shape index (κ2) is 5.63. The Bertz CT molecular complexity index is 759. The first-order valence-corrected chi connectivity index (χ1v) is 8.53. The minimum Gasteiger partial charge on any atom is -0.310 e. The van der Waals surface area contributed by atoms with Gasteiger partial charge in [0, 0.05) is 17.3 Å². The van der Waals surface area contributed by atoms with Gasteiger partial charge in [0.1, 0.15) is 0 Å². The molecule has 0 spiro atoms. The number of fused-ring (bicyclic) bond motifs is 2. The van der Waals surface area contributed by atoms with E-state index in [4.69, 9.17) is 0 Å². The van der Waals surface area contributed by atoms with Crippen molar-refractivity contribution in [3.63, 3.8) is 0 Å². The van der Waals surface area contributed by atoms with Crippen LogP contribution in [0.5, 0.6) is 0 Å². The highest BCUT2D eigenvalue weighted by molar-refractivity contribution is 7.17. The van der Waals surface area contributed by atoms with Crippen molar-refractivity contribution in [3.05, 3.63) is 70.6 Å². The molecular weight excluding hydrogens is 274 g/mol. The molecule has 0 amide bonds. The maximum atomic E-state index is 3.76. The summed E-state index contributed by atoms with van der Waals surface area (Å²) in [5.74, 6) is 0. The Balaban J connectivity index is 1.46. The van der Waals surface area contributed by atoms with Crippen LogP contribution in [0.4, 0.5) is 0 Å². The third-order valence-electron chi connectivity index (χ3n) is 4.49. The summed E-state index contributed by atoms with van der Waals surface area (Å²) in [6.07, 6.45) is 3.62. The molecule has 1 unspecified atom stereocenters. The zero-order valence-corrected chi connectivity index (χ0v) is 12.8. The highest BCUT2D eigenvalue weighted by Crippen LogP contribution is 2.26. The van der Waals surface area contributed by atoms with Crippen LogP contribution in [-0.4, -0.2) is 6.04 Å². The van der Waals surface area contributed by atoms with Crippen molar-refractivity contribution in [1.29, 1.82) is 0 Å². The lowest BCUT2D eigenvalue weighted by Gasteiger charge is -2.25. The van der Waals surface area contributed by atoms with Crippen LogP contribution in [0.3, 0.4) is 0 Å². The van der Waals surface area contributed by atoms with Crippen molar-refractivity contribution in [2.45, 2.75) is 31.8 Å². The summed E-state index contributed by atoms with van der Waals surface area (Å²) < 4.78 is 1.39. The van der Waals surface area contributed by atoms with Crippen LogP contribution >= 0.6 is 11.3 Å². The minimum absolute atomic E-state index is 0.610. The average Bonchev–Trinajstić information content (AvgIpc) is 2.96. The maximum Gasteiger partial charge on any atom is 0.0346 e. The van der Waals surface area contributed by atoms with Gasteiger partial charge in [0.15, 0.2) is 0 Å². The topological polar surface area (TPSA) is 12.0 Å². The smallest absolute Gasteiger partial charge is 0.0346 e. The van der Waals surface area contributed by atoms with Crippen molar-refractivity contribution in [1.82, 2.24) is 5.32 Å². The highest BCUT2D eigenvalue weighted by atomic mass is 32.1. The quantitative estimate of drug-likeness (QED) is 0.747. The molecule has 0 fully saturated rings. The Labute approximate surface area is 129 Å². The number of rotatable bonds is 3. The molecule has 2 aromatic carbocycles. The lowest BCUT2D eigenvalue weighted by atomic mass is 9.88. The van der Waals surface area contributed by atoms with Gasteiger partial charge >= 0.3 is 0 Å². The Morgan fingerprint density at radius 1 is 1.00 bits per heavy atom. The third-order valence-corrected chi connectivity index (χ3v) is 5.50. The minimum atomic E-state index is 0.610. The average molecular weight is 293 g/mol. The zero-order chi connectivity index (χ0) is 14.1. The molecule has 1 atom stereocenters. The molecule has 1 aliphatic rings. The first-order chi connectivity index (χ1) is 10.4. The molecular formula is C19H19NS. The van der Waals surface area contributed by atoms with Crippen LogP contribution in [-0.2, 0) is 19.4 Å². The summed E-state index contributed by atoms with van der Waals surface area (Å²) in [4.78, 5) is 0. The molecule has 0 radical (unpaired) electrons. The first-order valence-electron chi connectivity index (χ1n) is 7.65. The zero-order valence-electron chi connectivity index (χ0n) is 12.0. The van der Waals surface area contributed by atoms with Gasteiger partial charge in [0.2, 0.25) is 0 Å². The number of hydrogen-bond acceptors (Lipinski definition) is 2. The number of hydrogen-bond donors (Lipinski definition) is 1. The molecule has 1 N–H and O–H groups in total. The SMILES string of the molecule is c1ccc2c(c1)CCC(NCc1csc3ccccc13)C2. The largest absolute Gasteiger partial charge is 0.310 e. The van der Waals surface area contributed by atoms with Crippen LogP contribution in [0.1, 0.15) is 23.1 Å². The van der Waals surface area contributed by atoms with Crippen LogP contribution in [0.15, 0.2) is 53.9 Å². The Kier molecular flexibility index (Phi) is 3.50. The summed E-state index contributed by atoms with van der Waals surface area (Å²) in [5.41, 5.74) is 4.50. The summed E-state index contributed by atoms with van der Waals surface area (Å²) >= 11 is 1.85. The Hall–Kier alpha value is -1.64. The van der Waals surface area contributed by atoms with E-state index in [9.17, 15) is 0 Å². The van der Waals surface area contributed by atoms with E-state index in [0.29, 0.717) is 6.04 Å². The second-order valence-electron chi connectivity index (χ2n) is 5.85. The van der Waals surface area contributed by atoms with Gasteiger partial charge in [-0.15, -0.1) is 11.3 Å². The van der Waals surface area contributed by atoms with Gasteiger partial charge in [0.25, 0.3) is 0 Å². The molecule has 4 rings (SSSR count). The van der Waals surface area contributed by atoms with Crippen molar-refractivity contribution in [3.8, 4) is 0 Å². The van der Waals surface area contributed by atoms with Gasteiger partial charge in [-0.25, -0.2) is 0 Å². The molecule has 1 heterocycles. The molecule has 3 aromatic rings. The second-order valence-corrected chi connectivity index (χ2v) is 6.76. The number of aryl methyl sites for hydroxylation is 1. The fourth-order valence-electron chi connectivity index (χ4n) is 3.30. The van der Waals surface area contributed by atoms with E-state index < -0.39 is 0 Å². The van der Waals surface area contributed by atoms with Gasteiger partial charge in [-0.2, -0.15) is 0 Å². The molecule has 1 aliphatic carbocycles. The van der Waals surface area contributed by atoms with Crippen molar-refractivity contribution >= 4 is 21.4 Å². The van der Waals surface area contributed by atoms with Gasteiger partial charge in [-0.1, -0.05) is 42.5 Å². The molecule has 1 aromatic heterocycles. The van der Waals surface area contributed by atoms with E-state index >= 15 is 0 Å². The number of nitrogens with one attached hydrogen (secondary N) is 1. The predicted molar refractivity (Wildman–Crippen MR) is 90.9 cm³/mol. The molecule has 0 saturated heterocycles. The lowest BCUT2D eigenvalue weighted by Crippen LogP contribution is -2.34.